The van der Waals surface area contributed by atoms with E-state index >= 15 is 0 Å². The molecule has 0 saturated carbocycles. The molecule has 0 saturated heterocycles. The lowest BCUT2D eigenvalue weighted by Crippen LogP contribution is -2.63. The number of benzene rings is 9. The van der Waals surface area contributed by atoms with E-state index in [1.807, 2.05) is 0 Å². The molecule has 4 unspecified atom stereocenters. The third-order valence-corrected chi connectivity index (χ3v) is 19.5. The fraction of sp³-hybridized carbons (Fsp3) is 0.250. The number of ether oxygens (including phenoxy) is 2. The van der Waals surface area contributed by atoms with E-state index in [1.54, 1.807) is 0 Å². The highest BCUT2D eigenvalue weighted by Gasteiger charge is 2.51. The lowest BCUT2D eigenvalue weighted by molar-refractivity contribution is 0.472. The molecule has 11 aromatic rings. The van der Waals surface area contributed by atoms with E-state index in [0.717, 1.165) is 60.1 Å². The molecule has 4 aliphatic heterocycles. The number of nitrogens with zero attached hydrogens (tertiary/aromatic N) is 2. The van der Waals surface area contributed by atoms with Gasteiger partial charge in [-0.15, -0.1) is 0 Å². The summed E-state index contributed by atoms with van der Waals surface area (Å²) in [6, 6.07) is 56.9. The molecular formula is C72H66B2N2O2. The monoisotopic (exact) mass is 1010 g/mol. The first-order valence-corrected chi connectivity index (χ1v) is 29.2. The Balaban J connectivity index is 1.14. The molecule has 0 fully saturated rings. The fourth-order valence-corrected chi connectivity index (χ4v) is 14.1. The minimum atomic E-state index is -0.154. The van der Waals surface area contributed by atoms with E-state index < -0.39 is 0 Å². The summed E-state index contributed by atoms with van der Waals surface area (Å²) < 4.78 is 21.0. The Morgan fingerprint density at radius 3 is 1.12 bits per heavy atom. The summed E-state index contributed by atoms with van der Waals surface area (Å²) in [6.45, 7) is 22.9. The van der Waals surface area contributed by atoms with Crippen LogP contribution in [0, 0.1) is 13.8 Å². The van der Waals surface area contributed by atoms with Crippen LogP contribution in [0.1, 0.15) is 138 Å². The predicted molar refractivity (Wildman–Crippen MR) is 333 cm³/mol. The van der Waals surface area contributed by atoms with Crippen molar-refractivity contribution < 1.29 is 9.47 Å². The Morgan fingerprint density at radius 2 is 0.731 bits per heavy atom. The highest BCUT2D eigenvalue weighted by atomic mass is 16.5. The highest BCUT2D eigenvalue weighted by Crippen LogP contribution is 2.50. The van der Waals surface area contributed by atoms with E-state index in [1.165, 1.54) is 132 Å². The van der Waals surface area contributed by atoms with Crippen molar-refractivity contribution in [2.45, 2.75) is 119 Å². The Bertz CT molecular complexity index is 4090. The van der Waals surface area contributed by atoms with Crippen molar-refractivity contribution in [1.82, 2.24) is 9.13 Å². The van der Waals surface area contributed by atoms with Gasteiger partial charge in [0.25, 0.3) is 13.4 Å². The largest absolute Gasteiger partial charge is 0.456 e. The van der Waals surface area contributed by atoms with Crippen molar-refractivity contribution in [3.05, 3.63) is 179 Å². The molecule has 0 N–H and O–H groups in total. The van der Waals surface area contributed by atoms with Gasteiger partial charge in [0, 0.05) is 43.5 Å². The van der Waals surface area contributed by atoms with Crippen LogP contribution in [0.5, 0.6) is 23.0 Å². The molecule has 0 spiro atoms. The first-order chi connectivity index (χ1) is 38.0. The van der Waals surface area contributed by atoms with Crippen molar-refractivity contribution in [3.8, 4) is 56.6 Å². The molecule has 0 radical (unpaired) electrons. The Morgan fingerprint density at radius 1 is 0.372 bits per heavy atom. The van der Waals surface area contributed by atoms with Gasteiger partial charge in [-0.2, -0.15) is 0 Å². The SMILES string of the molecule is CCC(C)c1ccc2c(c1)c1cc(C(C)CC)cc3c1n2-c1c2c4c(c5c1B3c1cc(-c3ccc(C)cc3)ccc1O5)-n1c3ccc(C(C)CC)cc3c3cc(C(C)CC)cc(c31)B4c1cc(-c3ccc(C)cc3)ccc1O2. The normalized spacial score (nSPS) is 14.9. The van der Waals surface area contributed by atoms with Gasteiger partial charge in [-0.05, 0) is 178 Å². The summed E-state index contributed by atoms with van der Waals surface area (Å²) in [5.74, 6) is 5.29. The molecule has 382 valence electrons. The van der Waals surface area contributed by atoms with Gasteiger partial charge in [-0.3, -0.25) is 0 Å². The van der Waals surface area contributed by atoms with Gasteiger partial charge in [-0.1, -0.05) is 164 Å². The van der Waals surface area contributed by atoms with Gasteiger partial charge in [0.05, 0.1) is 22.4 Å². The van der Waals surface area contributed by atoms with Gasteiger partial charge in [0.1, 0.15) is 23.0 Å². The van der Waals surface area contributed by atoms with Crippen molar-refractivity contribution in [3.63, 3.8) is 0 Å². The van der Waals surface area contributed by atoms with Crippen LogP contribution in [0.2, 0.25) is 0 Å². The smallest absolute Gasteiger partial charge is 0.256 e. The van der Waals surface area contributed by atoms with Gasteiger partial charge >= 0.3 is 0 Å². The summed E-state index contributed by atoms with van der Waals surface area (Å²) in [5.41, 5.74) is 27.4. The minimum absolute atomic E-state index is 0.154. The summed E-state index contributed by atoms with van der Waals surface area (Å²) in [4.78, 5) is 0. The minimum Gasteiger partial charge on any atom is -0.456 e. The van der Waals surface area contributed by atoms with Crippen LogP contribution in [0.3, 0.4) is 0 Å². The molecule has 78 heavy (non-hydrogen) atoms. The van der Waals surface area contributed by atoms with Crippen LogP contribution in [0.25, 0.3) is 77.2 Å². The summed E-state index contributed by atoms with van der Waals surface area (Å²) >= 11 is 0. The van der Waals surface area contributed by atoms with Crippen LogP contribution in [-0.2, 0) is 0 Å². The summed E-state index contributed by atoms with van der Waals surface area (Å²) in [5, 5.41) is 5.24. The van der Waals surface area contributed by atoms with Crippen LogP contribution >= 0.6 is 0 Å². The second kappa shape index (κ2) is 17.4. The van der Waals surface area contributed by atoms with Crippen LogP contribution in [0.15, 0.2) is 146 Å². The molecular weight excluding hydrogens is 946 g/mol. The van der Waals surface area contributed by atoms with E-state index in [9.17, 15) is 0 Å². The maximum absolute atomic E-state index is 7.89. The van der Waals surface area contributed by atoms with Gasteiger partial charge in [0.15, 0.2) is 0 Å². The zero-order chi connectivity index (χ0) is 53.2. The molecule has 6 heterocycles. The van der Waals surface area contributed by atoms with E-state index in [2.05, 4.69) is 224 Å². The Hall–Kier alpha value is -7.69. The maximum atomic E-state index is 7.89. The third kappa shape index (κ3) is 6.61. The number of fused-ring (bicyclic) bond motifs is 16. The summed E-state index contributed by atoms with van der Waals surface area (Å²) in [6.07, 6.45) is 4.26. The molecule has 0 aliphatic carbocycles. The zero-order valence-corrected chi connectivity index (χ0v) is 46.9. The van der Waals surface area contributed by atoms with Gasteiger partial charge < -0.3 is 18.6 Å². The standard InChI is InChI=1S/C72H66B2N2O2/c1-11-41(7)47-23-27-61-53(31-47)55-33-51(43(9)13-3)37-59-67(55)75(61)69-65-72(78-63-29-25-49(35-57(63)73(59)65)45-19-15-39(5)16-20-45)70-66-71(69)77-64-30-26-50(46-21-17-40(6)18-22-46)36-58(64)74(66)60-38-52(44(10)14-4)34-56-54-32-48(42(8)12-2)24-28-62(54)76(70)68(56)60/h15-38,41-44H,11-14H2,1-10H3. The average Bonchev–Trinajstić information content (AvgIpc) is 2.65. The van der Waals surface area contributed by atoms with E-state index in [0.29, 0.717) is 23.7 Å². The number of rotatable bonds is 10. The lowest BCUT2D eigenvalue weighted by atomic mass is 9.31. The Kier molecular flexibility index (Phi) is 10.6. The van der Waals surface area contributed by atoms with Gasteiger partial charge in [-0.25, -0.2) is 0 Å². The zero-order valence-electron chi connectivity index (χ0n) is 46.9. The summed E-state index contributed by atoms with van der Waals surface area (Å²) in [7, 11) is 0. The van der Waals surface area contributed by atoms with Crippen LogP contribution < -0.4 is 42.3 Å². The second-order valence-corrected chi connectivity index (χ2v) is 24.0. The maximum Gasteiger partial charge on any atom is 0.256 e. The van der Waals surface area contributed by atoms with Crippen LogP contribution in [-0.4, -0.2) is 22.6 Å². The first kappa shape index (κ1) is 47.5. The van der Waals surface area contributed by atoms with E-state index in [-0.39, 0.29) is 13.4 Å². The van der Waals surface area contributed by atoms with Crippen molar-refractivity contribution >= 4 is 89.8 Å². The number of aromatic nitrogens is 2. The second-order valence-electron chi connectivity index (χ2n) is 24.0. The predicted octanol–water partition coefficient (Wildman–Crippen LogP) is 15.8. The molecule has 4 nitrogen and oxygen atoms in total. The first-order valence-electron chi connectivity index (χ1n) is 29.2. The molecule has 9 aromatic carbocycles. The molecule has 0 bridgehead atoms. The molecule has 4 atom stereocenters. The van der Waals surface area contributed by atoms with Crippen LogP contribution in [0.4, 0.5) is 0 Å². The molecule has 0 amide bonds. The van der Waals surface area contributed by atoms with Crippen molar-refractivity contribution in [1.29, 1.82) is 0 Å². The quantitative estimate of drug-likeness (QED) is 0.128. The molecule has 4 aliphatic rings. The van der Waals surface area contributed by atoms with Crippen molar-refractivity contribution in [2.75, 3.05) is 0 Å². The highest BCUT2D eigenvalue weighted by molar-refractivity contribution is 7.02. The van der Waals surface area contributed by atoms with Gasteiger partial charge in [0.2, 0.25) is 0 Å². The Labute approximate surface area is 460 Å². The molecule has 2 aromatic heterocycles. The fourth-order valence-electron chi connectivity index (χ4n) is 14.1. The number of hydrogen-bond donors (Lipinski definition) is 0. The average molecular weight is 1010 g/mol. The topological polar surface area (TPSA) is 28.3 Å². The molecule has 6 heteroatoms. The molecule has 15 rings (SSSR count). The van der Waals surface area contributed by atoms with Crippen molar-refractivity contribution in [2.24, 2.45) is 0 Å². The lowest BCUT2D eigenvalue weighted by Gasteiger charge is -2.41. The van der Waals surface area contributed by atoms with E-state index in [4.69, 9.17) is 9.47 Å². The third-order valence-electron chi connectivity index (χ3n) is 19.5. The number of aryl methyl sites for hydroxylation is 2. The number of hydrogen-bond acceptors (Lipinski definition) is 2.